The Morgan fingerprint density at radius 3 is 2.90 bits per heavy atom. The number of ether oxygens (including phenoxy) is 1. The van der Waals surface area contributed by atoms with Gasteiger partial charge in [0.1, 0.15) is 0 Å². The van der Waals surface area contributed by atoms with E-state index in [4.69, 9.17) is 10.5 Å². The topological polar surface area (TPSA) is 35.2 Å². The van der Waals surface area contributed by atoms with Gasteiger partial charge in [0.2, 0.25) is 0 Å². The molecule has 0 bridgehead atoms. The maximum absolute atomic E-state index is 6.51. The van der Waals surface area contributed by atoms with Gasteiger partial charge >= 0.3 is 0 Å². The van der Waals surface area contributed by atoms with Gasteiger partial charge in [0, 0.05) is 17.1 Å². The summed E-state index contributed by atoms with van der Waals surface area (Å²) in [5.74, 6) is 0.612. The normalized spacial score (nSPS) is 26.8. The number of hydrogen-bond donors (Lipinski definition) is 1. The van der Waals surface area contributed by atoms with Crippen LogP contribution in [0.1, 0.15) is 44.1 Å². The first kappa shape index (κ1) is 14.6. The summed E-state index contributed by atoms with van der Waals surface area (Å²) in [5.41, 5.74) is 8.02. The van der Waals surface area contributed by atoms with Crippen LogP contribution in [0.2, 0.25) is 0 Å². The van der Waals surface area contributed by atoms with E-state index in [1.807, 2.05) is 0 Å². The van der Waals surface area contributed by atoms with Gasteiger partial charge < -0.3 is 10.5 Å². The van der Waals surface area contributed by atoms with Crippen LogP contribution in [0.15, 0.2) is 28.7 Å². The second-order valence-corrected chi connectivity index (χ2v) is 7.41. The molecule has 0 aromatic heterocycles. The van der Waals surface area contributed by atoms with Gasteiger partial charge in [0.05, 0.1) is 5.60 Å². The van der Waals surface area contributed by atoms with Crippen LogP contribution in [-0.2, 0) is 11.2 Å². The minimum Gasteiger partial charge on any atom is -0.375 e. The zero-order valence-corrected chi connectivity index (χ0v) is 13.6. The number of hydrogen-bond acceptors (Lipinski definition) is 2. The van der Waals surface area contributed by atoms with E-state index in [0.717, 1.165) is 23.9 Å². The predicted molar refractivity (Wildman–Crippen MR) is 85.7 cm³/mol. The second-order valence-electron chi connectivity index (χ2n) is 6.49. The van der Waals surface area contributed by atoms with E-state index in [-0.39, 0.29) is 11.6 Å². The average Bonchev–Trinajstić information content (AvgIpc) is 2.87. The Balaban J connectivity index is 1.63. The Morgan fingerprint density at radius 2 is 2.15 bits per heavy atom. The fraction of sp³-hybridized carbons (Fsp3) is 0.647. The number of halogens is 1. The summed E-state index contributed by atoms with van der Waals surface area (Å²) in [5, 5.41) is 0. The van der Waals surface area contributed by atoms with Crippen LogP contribution in [-0.4, -0.2) is 18.2 Å². The summed E-state index contributed by atoms with van der Waals surface area (Å²) in [6, 6.07) is 8.77. The smallest absolute Gasteiger partial charge is 0.0685 e. The van der Waals surface area contributed by atoms with Crippen LogP contribution in [0.25, 0.3) is 0 Å². The molecule has 1 saturated carbocycles. The van der Waals surface area contributed by atoms with Crippen molar-refractivity contribution in [3.63, 3.8) is 0 Å². The Morgan fingerprint density at radius 1 is 1.35 bits per heavy atom. The fourth-order valence-corrected chi connectivity index (χ4v) is 4.35. The molecule has 3 heteroatoms. The van der Waals surface area contributed by atoms with Crippen molar-refractivity contribution in [3.8, 4) is 0 Å². The molecule has 3 rings (SSSR count). The standard InChI is InChI=1S/C17H24BrNO/c18-15-5-3-4-13(10-15)11-16(19)14-6-9-20-17(12-14)7-1-2-8-17/h3-5,10,14,16H,1-2,6-9,11-12,19H2. The van der Waals surface area contributed by atoms with Gasteiger partial charge in [-0.2, -0.15) is 0 Å². The molecule has 2 N–H and O–H groups in total. The molecule has 1 heterocycles. The van der Waals surface area contributed by atoms with E-state index in [2.05, 4.69) is 40.2 Å². The molecule has 1 spiro atoms. The molecule has 0 radical (unpaired) electrons. The predicted octanol–water partition coefficient (Wildman–Crippen LogP) is 4.06. The first-order valence-corrected chi connectivity index (χ1v) is 8.60. The summed E-state index contributed by atoms with van der Waals surface area (Å²) in [7, 11) is 0. The highest BCUT2D eigenvalue weighted by Gasteiger charge is 2.41. The Labute approximate surface area is 130 Å². The molecule has 110 valence electrons. The maximum Gasteiger partial charge on any atom is 0.0685 e. The van der Waals surface area contributed by atoms with Crippen molar-refractivity contribution in [3.05, 3.63) is 34.3 Å². The van der Waals surface area contributed by atoms with Crippen LogP contribution >= 0.6 is 15.9 Å². The van der Waals surface area contributed by atoms with E-state index in [1.165, 1.54) is 37.7 Å². The summed E-state index contributed by atoms with van der Waals surface area (Å²) < 4.78 is 7.25. The van der Waals surface area contributed by atoms with Crippen molar-refractivity contribution >= 4 is 15.9 Å². The molecule has 1 saturated heterocycles. The zero-order chi connectivity index (χ0) is 14.0. The molecule has 2 nitrogen and oxygen atoms in total. The van der Waals surface area contributed by atoms with Crippen molar-refractivity contribution in [2.45, 2.75) is 56.6 Å². The van der Waals surface area contributed by atoms with E-state index in [1.54, 1.807) is 0 Å². The first-order valence-electron chi connectivity index (χ1n) is 7.81. The lowest BCUT2D eigenvalue weighted by Crippen LogP contribution is -2.44. The van der Waals surface area contributed by atoms with Crippen molar-refractivity contribution in [2.24, 2.45) is 11.7 Å². The third-order valence-electron chi connectivity index (χ3n) is 5.01. The highest BCUT2D eigenvalue weighted by atomic mass is 79.9. The number of nitrogens with two attached hydrogens (primary N) is 1. The molecule has 0 amide bonds. The molecule has 1 aliphatic carbocycles. The maximum atomic E-state index is 6.51. The fourth-order valence-electron chi connectivity index (χ4n) is 3.90. The van der Waals surface area contributed by atoms with Crippen molar-refractivity contribution in [1.29, 1.82) is 0 Å². The van der Waals surface area contributed by atoms with Gasteiger partial charge in [0.25, 0.3) is 0 Å². The summed E-state index contributed by atoms with van der Waals surface area (Å²) in [6.07, 6.45) is 8.40. The molecule has 2 unspecified atom stereocenters. The van der Waals surface area contributed by atoms with Gasteiger partial charge in [-0.15, -0.1) is 0 Å². The van der Waals surface area contributed by atoms with Crippen molar-refractivity contribution < 1.29 is 4.74 Å². The SMILES string of the molecule is NC(Cc1cccc(Br)c1)C1CCOC2(CCCC2)C1. The van der Waals surface area contributed by atoms with E-state index < -0.39 is 0 Å². The molecule has 2 atom stereocenters. The monoisotopic (exact) mass is 337 g/mol. The third-order valence-corrected chi connectivity index (χ3v) is 5.51. The molecule has 2 fully saturated rings. The highest BCUT2D eigenvalue weighted by molar-refractivity contribution is 9.10. The quantitative estimate of drug-likeness (QED) is 0.902. The van der Waals surface area contributed by atoms with Crippen molar-refractivity contribution in [2.75, 3.05) is 6.61 Å². The molecular weight excluding hydrogens is 314 g/mol. The second kappa shape index (κ2) is 6.17. The van der Waals surface area contributed by atoms with Crippen molar-refractivity contribution in [1.82, 2.24) is 0 Å². The number of rotatable bonds is 3. The Kier molecular flexibility index (Phi) is 4.49. The van der Waals surface area contributed by atoms with Gasteiger partial charge in [0.15, 0.2) is 0 Å². The average molecular weight is 338 g/mol. The van der Waals surface area contributed by atoms with Gasteiger partial charge in [-0.1, -0.05) is 40.9 Å². The molecule has 20 heavy (non-hydrogen) atoms. The van der Waals surface area contributed by atoms with Crippen LogP contribution in [0.4, 0.5) is 0 Å². The van der Waals surface area contributed by atoms with Crippen LogP contribution in [0.5, 0.6) is 0 Å². The summed E-state index contributed by atoms with van der Waals surface area (Å²) in [4.78, 5) is 0. The molecule has 1 aromatic rings. The lowest BCUT2D eigenvalue weighted by Gasteiger charge is -2.40. The molecule has 2 aliphatic rings. The number of benzene rings is 1. The molecule has 1 aromatic carbocycles. The highest BCUT2D eigenvalue weighted by Crippen LogP contribution is 2.42. The summed E-state index contributed by atoms with van der Waals surface area (Å²) in [6.45, 7) is 0.900. The lowest BCUT2D eigenvalue weighted by atomic mass is 9.79. The van der Waals surface area contributed by atoms with Gasteiger partial charge in [-0.05, 0) is 55.7 Å². The first-order chi connectivity index (χ1) is 9.67. The van der Waals surface area contributed by atoms with E-state index >= 15 is 0 Å². The van der Waals surface area contributed by atoms with Gasteiger partial charge in [-0.3, -0.25) is 0 Å². The Bertz CT molecular complexity index is 456. The third kappa shape index (κ3) is 3.26. The molecule has 1 aliphatic heterocycles. The molecular formula is C17H24BrNO. The minimum absolute atomic E-state index is 0.178. The van der Waals surface area contributed by atoms with E-state index in [0.29, 0.717) is 5.92 Å². The van der Waals surface area contributed by atoms with Crippen LogP contribution < -0.4 is 5.73 Å². The van der Waals surface area contributed by atoms with Crippen LogP contribution in [0, 0.1) is 5.92 Å². The Hall–Kier alpha value is -0.380. The largest absolute Gasteiger partial charge is 0.375 e. The summed E-state index contributed by atoms with van der Waals surface area (Å²) >= 11 is 3.54. The van der Waals surface area contributed by atoms with E-state index in [9.17, 15) is 0 Å². The lowest BCUT2D eigenvalue weighted by molar-refractivity contribution is -0.0960. The van der Waals surface area contributed by atoms with Crippen LogP contribution in [0.3, 0.4) is 0 Å². The minimum atomic E-state index is 0.178. The van der Waals surface area contributed by atoms with Gasteiger partial charge in [-0.25, -0.2) is 0 Å². The zero-order valence-electron chi connectivity index (χ0n) is 12.0.